The van der Waals surface area contributed by atoms with Crippen LogP contribution >= 0.6 is 0 Å². The average Bonchev–Trinajstić information content (AvgIpc) is 2.75. The zero-order valence-electron chi connectivity index (χ0n) is 14.8. The van der Waals surface area contributed by atoms with E-state index in [-0.39, 0.29) is 17.4 Å². The van der Waals surface area contributed by atoms with Crippen molar-refractivity contribution >= 4 is 18.2 Å². The quantitative estimate of drug-likeness (QED) is 0.414. The van der Waals surface area contributed by atoms with Gasteiger partial charge in [-0.3, -0.25) is 0 Å². The monoisotopic (exact) mass is 388 g/mol. The fourth-order valence-corrected chi connectivity index (χ4v) is 2.41. The van der Waals surface area contributed by atoms with Gasteiger partial charge >= 0.3 is 11.9 Å². The molecule has 2 aromatic carbocycles. The number of carbonyl (C=O) groups excluding carboxylic acids is 3. The minimum Gasteiger partial charge on any atom is -0.452 e. The van der Waals surface area contributed by atoms with Gasteiger partial charge in [0.1, 0.15) is 12.2 Å². The highest BCUT2D eigenvalue weighted by atomic mass is 16.6. The summed E-state index contributed by atoms with van der Waals surface area (Å²) in [6, 6.07) is 15.5. The summed E-state index contributed by atoms with van der Waals surface area (Å²) in [5.41, 5.74) is 0.253. The van der Waals surface area contributed by atoms with Crippen molar-refractivity contribution in [3.8, 4) is 0 Å². The molecule has 0 aliphatic rings. The Morgan fingerprint density at radius 1 is 0.821 bits per heavy atom. The molecule has 0 amide bonds. The van der Waals surface area contributed by atoms with Crippen LogP contribution in [0.4, 0.5) is 0 Å². The molecular weight excluding hydrogens is 368 g/mol. The van der Waals surface area contributed by atoms with Gasteiger partial charge in [-0.25, -0.2) is 9.59 Å². The van der Waals surface area contributed by atoms with Crippen molar-refractivity contribution in [2.75, 3.05) is 6.61 Å². The Kier molecular flexibility index (Phi) is 7.82. The van der Waals surface area contributed by atoms with E-state index in [9.17, 15) is 29.7 Å². The van der Waals surface area contributed by atoms with Crippen molar-refractivity contribution in [1.82, 2.24) is 0 Å². The molecule has 0 radical (unpaired) electrons. The third-order valence-corrected chi connectivity index (χ3v) is 3.87. The molecule has 0 saturated heterocycles. The largest absolute Gasteiger partial charge is 0.452 e. The lowest BCUT2D eigenvalue weighted by molar-refractivity contribution is -0.140. The summed E-state index contributed by atoms with van der Waals surface area (Å²) in [5, 5.41) is 29.3. The minimum absolute atomic E-state index is 0.0797. The normalized spacial score (nSPS) is 15.0. The third-order valence-electron chi connectivity index (χ3n) is 3.87. The van der Waals surface area contributed by atoms with Crippen molar-refractivity contribution in [3.05, 3.63) is 71.8 Å². The van der Waals surface area contributed by atoms with E-state index in [0.29, 0.717) is 0 Å². The van der Waals surface area contributed by atoms with Crippen molar-refractivity contribution in [3.63, 3.8) is 0 Å². The molecule has 0 spiro atoms. The van der Waals surface area contributed by atoms with Crippen LogP contribution in [0.3, 0.4) is 0 Å². The summed E-state index contributed by atoms with van der Waals surface area (Å²) in [5.74, 6) is -1.80. The Labute approximate surface area is 161 Å². The fraction of sp³-hybridized carbons (Fsp3) is 0.250. The summed E-state index contributed by atoms with van der Waals surface area (Å²) in [7, 11) is 0. The zero-order valence-corrected chi connectivity index (χ0v) is 14.8. The van der Waals surface area contributed by atoms with Crippen LogP contribution in [0.2, 0.25) is 0 Å². The molecule has 0 aliphatic heterocycles. The van der Waals surface area contributed by atoms with E-state index in [0.717, 1.165) is 0 Å². The second kappa shape index (κ2) is 10.3. The van der Waals surface area contributed by atoms with E-state index in [1.54, 1.807) is 36.4 Å². The molecule has 0 fully saturated rings. The standard InChI is InChI=1S/C20H20O8/c21-11-15(23)17(27-19(25)13-7-3-1-4-8-13)18(16(24)12-22)28-20(26)14-9-5-2-6-10-14/h1-11,15-18,22-24H,12H2/t15-,16-,17-,18-/m1/s1. The first-order valence-electron chi connectivity index (χ1n) is 8.42. The molecule has 148 valence electrons. The number of ether oxygens (including phenoxy) is 2. The van der Waals surface area contributed by atoms with Gasteiger partial charge < -0.3 is 29.6 Å². The predicted molar refractivity (Wildman–Crippen MR) is 96.5 cm³/mol. The van der Waals surface area contributed by atoms with E-state index in [1.807, 2.05) is 0 Å². The Hall–Kier alpha value is -3.07. The van der Waals surface area contributed by atoms with Crippen LogP contribution in [0, 0.1) is 0 Å². The van der Waals surface area contributed by atoms with Gasteiger partial charge in [0.2, 0.25) is 0 Å². The van der Waals surface area contributed by atoms with Crippen molar-refractivity contribution < 1.29 is 39.2 Å². The molecular formula is C20H20O8. The van der Waals surface area contributed by atoms with Crippen molar-refractivity contribution in [1.29, 1.82) is 0 Å². The molecule has 28 heavy (non-hydrogen) atoms. The van der Waals surface area contributed by atoms with Crippen LogP contribution in [-0.4, -0.2) is 64.6 Å². The molecule has 2 rings (SSSR count). The predicted octanol–water partition coefficient (Wildman–Crippen LogP) is 0.351. The van der Waals surface area contributed by atoms with Crippen LogP contribution in [0.25, 0.3) is 0 Å². The highest BCUT2D eigenvalue weighted by molar-refractivity contribution is 5.90. The van der Waals surface area contributed by atoms with E-state index in [1.165, 1.54) is 24.3 Å². The number of aliphatic hydroxyl groups excluding tert-OH is 3. The zero-order chi connectivity index (χ0) is 20.5. The van der Waals surface area contributed by atoms with Crippen LogP contribution in [-0.2, 0) is 14.3 Å². The molecule has 0 unspecified atom stereocenters. The fourth-order valence-electron chi connectivity index (χ4n) is 2.41. The molecule has 2 aromatic rings. The van der Waals surface area contributed by atoms with Gasteiger partial charge in [0.25, 0.3) is 0 Å². The van der Waals surface area contributed by atoms with Gasteiger partial charge in [0.05, 0.1) is 17.7 Å². The number of hydrogen-bond acceptors (Lipinski definition) is 8. The molecule has 3 N–H and O–H groups in total. The first-order chi connectivity index (χ1) is 13.5. The second-order valence-corrected chi connectivity index (χ2v) is 5.85. The summed E-state index contributed by atoms with van der Waals surface area (Å²) in [6.07, 6.45) is -6.96. The topological polar surface area (TPSA) is 130 Å². The van der Waals surface area contributed by atoms with Gasteiger partial charge in [-0.1, -0.05) is 36.4 Å². The molecule has 8 nitrogen and oxygen atoms in total. The molecule has 4 atom stereocenters. The summed E-state index contributed by atoms with van der Waals surface area (Å²) in [4.78, 5) is 35.7. The SMILES string of the molecule is O=C[C@@H](O)[C@@H](OC(=O)c1ccccc1)[C@H](OC(=O)c1ccccc1)[C@H](O)CO. The number of hydrogen-bond donors (Lipinski definition) is 3. The van der Waals surface area contributed by atoms with Gasteiger partial charge in [0, 0.05) is 0 Å². The molecule has 0 bridgehead atoms. The Balaban J connectivity index is 2.27. The Morgan fingerprint density at radius 2 is 1.25 bits per heavy atom. The van der Waals surface area contributed by atoms with Crippen LogP contribution in [0.1, 0.15) is 20.7 Å². The second-order valence-electron chi connectivity index (χ2n) is 5.85. The Morgan fingerprint density at radius 3 is 1.64 bits per heavy atom. The molecule has 0 saturated carbocycles. The van der Waals surface area contributed by atoms with E-state index in [4.69, 9.17) is 9.47 Å². The summed E-state index contributed by atoms with van der Waals surface area (Å²) >= 11 is 0. The first-order valence-corrected chi connectivity index (χ1v) is 8.42. The number of carbonyl (C=O) groups is 3. The van der Waals surface area contributed by atoms with Crippen LogP contribution in [0.5, 0.6) is 0 Å². The Bertz CT molecular complexity index is 777. The lowest BCUT2D eigenvalue weighted by Gasteiger charge is -2.30. The number of aliphatic hydroxyl groups is 3. The van der Waals surface area contributed by atoms with Gasteiger partial charge in [0.15, 0.2) is 18.5 Å². The highest BCUT2D eigenvalue weighted by Crippen LogP contribution is 2.17. The van der Waals surface area contributed by atoms with Gasteiger partial charge in [-0.05, 0) is 24.3 Å². The highest BCUT2D eigenvalue weighted by Gasteiger charge is 2.39. The molecule has 8 heteroatoms. The average molecular weight is 388 g/mol. The molecule has 0 aromatic heterocycles. The van der Waals surface area contributed by atoms with Crippen molar-refractivity contribution in [2.45, 2.75) is 24.4 Å². The van der Waals surface area contributed by atoms with Gasteiger partial charge in [-0.15, -0.1) is 0 Å². The lowest BCUT2D eigenvalue weighted by atomic mass is 10.0. The number of benzene rings is 2. The smallest absolute Gasteiger partial charge is 0.338 e. The van der Waals surface area contributed by atoms with E-state index >= 15 is 0 Å². The summed E-state index contributed by atoms with van der Waals surface area (Å²) < 4.78 is 10.3. The third kappa shape index (κ3) is 5.46. The maximum Gasteiger partial charge on any atom is 0.338 e. The number of aldehydes is 1. The number of rotatable bonds is 9. The molecule has 0 aliphatic carbocycles. The first kappa shape index (κ1) is 21.2. The van der Waals surface area contributed by atoms with Gasteiger partial charge in [-0.2, -0.15) is 0 Å². The maximum atomic E-state index is 12.3. The van der Waals surface area contributed by atoms with Crippen LogP contribution < -0.4 is 0 Å². The lowest BCUT2D eigenvalue weighted by Crippen LogP contribution is -2.51. The minimum atomic E-state index is -1.90. The number of esters is 2. The summed E-state index contributed by atoms with van der Waals surface area (Å²) in [6.45, 7) is -0.863. The maximum absolute atomic E-state index is 12.3. The van der Waals surface area contributed by atoms with Crippen molar-refractivity contribution in [2.24, 2.45) is 0 Å². The molecule has 0 heterocycles. The van der Waals surface area contributed by atoms with E-state index in [2.05, 4.69) is 0 Å². The van der Waals surface area contributed by atoms with E-state index < -0.39 is 43.0 Å². The van der Waals surface area contributed by atoms with Crippen LogP contribution in [0.15, 0.2) is 60.7 Å².